The van der Waals surface area contributed by atoms with Gasteiger partial charge < -0.3 is 4.74 Å². The minimum atomic E-state index is -0.468. The van der Waals surface area contributed by atoms with Gasteiger partial charge in [0.2, 0.25) is 0 Å². The third kappa shape index (κ3) is 8.36. The van der Waals surface area contributed by atoms with Crippen LogP contribution >= 0.6 is 0 Å². The van der Waals surface area contributed by atoms with Gasteiger partial charge in [-0.25, -0.2) is 8.78 Å². The third-order valence-corrected chi connectivity index (χ3v) is 9.05. The summed E-state index contributed by atoms with van der Waals surface area (Å²) in [5.74, 6) is 1.24. The van der Waals surface area contributed by atoms with Crippen LogP contribution in [0.15, 0.2) is 12.1 Å². The van der Waals surface area contributed by atoms with Crippen LogP contribution in [0.4, 0.5) is 8.78 Å². The minimum Gasteiger partial charge on any atom is -0.381 e. The van der Waals surface area contributed by atoms with Gasteiger partial charge in [-0.3, -0.25) is 4.79 Å². The minimum absolute atomic E-state index is 0.0745. The molecule has 2 fully saturated rings. The van der Waals surface area contributed by atoms with Gasteiger partial charge in [0.25, 0.3) is 0 Å². The van der Waals surface area contributed by atoms with Crippen molar-refractivity contribution >= 4 is 5.78 Å². The predicted octanol–water partition coefficient (Wildman–Crippen LogP) is 9.33. The van der Waals surface area contributed by atoms with Gasteiger partial charge in [0.05, 0.1) is 0 Å². The summed E-state index contributed by atoms with van der Waals surface area (Å²) in [4.78, 5) is 13.5. The maximum Gasteiger partial charge on any atom is 0.136 e. The first-order valence-electron chi connectivity index (χ1n) is 15.0. The fraction of sp³-hybridized carbons (Fsp3) is 0.781. The van der Waals surface area contributed by atoms with Crippen molar-refractivity contribution in [2.75, 3.05) is 13.2 Å². The zero-order valence-corrected chi connectivity index (χ0v) is 23.1. The summed E-state index contributed by atoms with van der Waals surface area (Å²) in [5, 5.41) is 0. The quantitative estimate of drug-likeness (QED) is 0.236. The SMILES string of the molecule is CCCCCCC(c1ccc(F)c(C)c1F)C1CCCC(C(=O)CC(CCC)CC2CCOCC2)C1. The topological polar surface area (TPSA) is 26.3 Å². The Morgan fingerprint density at radius 3 is 2.50 bits per heavy atom. The zero-order chi connectivity index (χ0) is 25.9. The highest BCUT2D eigenvalue weighted by atomic mass is 19.1. The molecule has 1 aromatic carbocycles. The van der Waals surface area contributed by atoms with Gasteiger partial charge in [-0.15, -0.1) is 0 Å². The van der Waals surface area contributed by atoms with E-state index in [4.69, 9.17) is 4.74 Å². The van der Waals surface area contributed by atoms with E-state index in [1.54, 1.807) is 13.0 Å². The molecule has 1 aliphatic carbocycles. The van der Waals surface area contributed by atoms with E-state index in [9.17, 15) is 9.18 Å². The molecule has 4 unspecified atom stereocenters. The Labute approximate surface area is 219 Å². The number of benzene rings is 1. The number of unbranched alkanes of at least 4 members (excludes halogenated alkanes) is 3. The van der Waals surface area contributed by atoms with Crippen LogP contribution in [0, 0.1) is 42.2 Å². The van der Waals surface area contributed by atoms with E-state index in [0.717, 1.165) is 90.3 Å². The van der Waals surface area contributed by atoms with Crippen LogP contribution < -0.4 is 0 Å². The van der Waals surface area contributed by atoms with Crippen LogP contribution in [0.3, 0.4) is 0 Å². The second-order valence-electron chi connectivity index (χ2n) is 11.8. The maximum atomic E-state index is 15.3. The summed E-state index contributed by atoms with van der Waals surface area (Å²) in [6.45, 7) is 7.69. The largest absolute Gasteiger partial charge is 0.381 e. The lowest BCUT2D eigenvalue weighted by Gasteiger charge is -2.35. The van der Waals surface area contributed by atoms with Crippen LogP contribution in [0.25, 0.3) is 0 Å². The van der Waals surface area contributed by atoms with Crippen LogP contribution in [0.1, 0.15) is 127 Å². The average Bonchev–Trinajstić information content (AvgIpc) is 2.89. The molecule has 2 aliphatic rings. The number of hydrogen-bond acceptors (Lipinski definition) is 2. The molecule has 2 nitrogen and oxygen atoms in total. The molecule has 1 saturated heterocycles. The van der Waals surface area contributed by atoms with Gasteiger partial charge >= 0.3 is 0 Å². The van der Waals surface area contributed by atoms with Crippen LogP contribution in [-0.2, 0) is 9.53 Å². The van der Waals surface area contributed by atoms with Crippen molar-refractivity contribution < 1.29 is 18.3 Å². The van der Waals surface area contributed by atoms with Crippen LogP contribution in [-0.4, -0.2) is 19.0 Å². The van der Waals surface area contributed by atoms with E-state index in [2.05, 4.69) is 13.8 Å². The van der Waals surface area contributed by atoms with Crippen LogP contribution in [0.5, 0.6) is 0 Å². The standard InChI is InChI=1S/C32H50F2O2/c1-4-6-7-8-13-28(29-14-15-30(33)23(3)32(29)34)26-11-9-12-27(22-26)31(35)21-25(10-5-2)20-24-16-18-36-19-17-24/h14-15,24-28H,4-13,16-22H2,1-3H3. The van der Waals surface area contributed by atoms with E-state index in [-0.39, 0.29) is 23.2 Å². The Hall–Kier alpha value is -1.29. The van der Waals surface area contributed by atoms with Crippen molar-refractivity contribution in [1.82, 2.24) is 0 Å². The Kier molecular flexibility index (Phi) is 12.4. The molecule has 0 radical (unpaired) electrons. The van der Waals surface area contributed by atoms with Crippen molar-refractivity contribution in [2.45, 2.75) is 123 Å². The third-order valence-electron chi connectivity index (χ3n) is 9.05. The molecule has 1 heterocycles. The van der Waals surface area contributed by atoms with E-state index < -0.39 is 5.82 Å². The fourth-order valence-electron chi connectivity index (χ4n) is 6.91. The number of rotatable bonds is 14. The molecule has 0 bridgehead atoms. The molecule has 1 aromatic rings. The summed E-state index contributed by atoms with van der Waals surface area (Å²) in [6, 6.07) is 3.11. The Morgan fingerprint density at radius 2 is 1.78 bits per heavy atom. The van der Waals surface area contributed by atoms with Gasteiger partial charge in [-0.05, 0) is 87.2 Å². The summed E-state index contributed by atoms with van der Waals surface area (Å²) >= 11 is 0. The lowest BCUT2D eigenvalue weighted by atomic mass is 9.69. The molecular weight excluding hydrogens is 454 g/mol. The summed E-state index contributed by atoms with van der Waals surface area (Å²) in [7, 11) is 0. The number of ketones is 1. The first-order valence-corrected chi connectivity index (χ1v) is 15.0. The van der Waals surface area contributed by atoms with E-state index >= 15 is 4.39 Å². The number of halogens is 2. The second kappa shape index (κ2) is 15.2. The number of carbonyl (C=O) groups excluding carboxylic acids is 1. The van der Waals surface area contributed by atoms with Crippen molar-refractivity contribution in [3.63, 3.8) is 0 Å². The lowest BCUT2D eigenvalue weighted by molar-refractivity contribution is -0.125. The number of ether oxygens (including phenoxy) is 1. The van der Waals surface area contributed by atoms with Gasteiger partial charge in [-0.2, -0.15) is 0 Å². The Morgan fingerprint density at radius 1 is 1.00 bits per heavy atom. The Bertz CT molecular complexity index is 802. The van der Waals surface area contributed by atoms with Crippen molar-refractivity contribution in [2.24, 2.45) is 23.7 Å². The van der Waals surface area contributed by atoms with Crippen molar-refractivity contribution in [1.29, 1.82) is 0 Å². The molecular formula is C32H50F2O2. The molecule has 0 aromatic heterocycles. The molecule has 4 atom stereocenters. The molecule has 0 spiro atoms. The van der Waals surface area contributed by atoms with E-state index in [0.29, 0.717) is 35.5 Å². The molecule has 1 saturated carbocycles. The molecule has 36 heavy (non-hydrogen) atoms. The predicted molar refractivity (Wildman–Crippen MR) is 144 cm³/mol. The number of hydrogen-bond donors (Lipinski definition) is 0. The average molecular weight is 505 g/mol. The highest BCUT2D eigenvalue weighted by Gasteiger charge is 2.34. The molecule has 0 amide bonds. The number of Topliss-reactive ketones (excluding diaryl/α,β-unsaturated/α-hetero) is 1. The molecule has 1 aliphatic heterocycles. The lowest BCUT2D eigenvalue weighted by Crippen LogP contribution is -2.29. The highest BCUT2D eigenvalue weighted by Crippen LogP contribution is 2.43. The van der Waals surface area contributed by atoms with E-state index in [1.807, 2.05) is 0 Å². The van der Waals surface area contributed by atoms with Gasteiger partial charge in [0, 0.05) is 31.1 Å². The molecule has 204 valence electrons. The van der Waals surface area contributed by atoms with Gasteiger partial charge in [0.1, 0.15) is 17.4 Å². The van der Waals surface area contributed by atoms with Crippen molar-refractivity contribution in [3.05, 3.63) is 34.9 Å². The van der Waals surface area contributed by atoms with Gasteiger partial charge in [0.15, 0.2) is 0 Å². The molecule has 0 N–H and O–H groups in total. The Balaban J connectivity index is 1.68. The first kappa shape index (κ1) is 29.3. The number of carbonyl (C=O) groups is 1. The zero-order valence-electron chi connectivity index (χ0n) is 23.1. The normalized spacial score (nSPS) is 22.9. The summed E-state index contributed by atoms with van der Waals surface area (Å²) < 4.78 is 34.8. The molecule has 4 heteroatoms. The van der Waals surface area contributed by atoms with Gasteiger partial charge in [-0.1, -0.05) is 64.9 Å². The molecule has 3 rings (SSSR count). The van der Waals surface area contributed by atoms with Crippen molar-refractivity contribution in [3.8, 4) is 0 Å². The highest BCUT2D eigenvalue weighted by molar-refractivity contribution is 5.81. The van der Waals surface area contributed by atoms with E-state index in [1.165, 1.54) is 18.9 Å². The summed E-state index contributed by atoms with van der Waals surface area (Å²) in [6.07, 6.45) is 15.8. The first-order chi connectivity index (χ1) is 17.4. The monoisotopic (exact) mass is 504 g/mol. The second-order valence-corrected chi connectivity index (χ2v) is 11.8. The fourth-order valence-corrected chi connectivity index (χ4v) is 6.91. The summed E-state index contributed by atoms with van der Waals surface area (Å²) in [5.41, 5.74) is 0.803. The maximum absolute atomic E-state index is 15.3. The smallest absolute Gasteiger partial charge is 0.136 e. The van der Waals surface area contributed by atoms with Crippen LogP contribution in [0.2, 0.25) is 0 Å².